The summed E-state index contributed by atoms with van der Waals surface area (Å²) in [5.41, 5.74) is 1.85. The Labute approximate surface area is 128 Å². The SMILES string of the molecule is O=C(/C=C/c1ccccn1)NCCc1ccc2c(c1)OCO2. The van der Waals surface area contributed by atoms with Gasteiger partial charge in [-0.15, -0.1) is 0 Å². The largest absolute Gasteiger partial charge is 0.454 e. The average Bonchev–Trinajstić information content (AvgIpc) is 3.02. The van der Waals surface area contributed by atoms with Gasteiger partial charge in [-0.3, -0.25) is 9.78 Å². The molecule has 5 heteroatoms. The number of nitrogens with zero attached hydrogens (tertiary/aromatic N) is 1. The van der Waals surface area contributed by atoms with Crippen molar-refractivity contribution in [3.63, 3.8) is 0 Å². The molecule has 112 valence electrons. The topological polar surface area (TPSA) is 60.5 Å². The van der Waals surface area contributed by atoms with Crippen LogP contribution in [0.25, 0.3) is 6.08 Å². The van der Waals surface area contributed by atoms with Crippen LogP contribution in [0.1, 0.15) is 11.3 Å². The zero-order valence-corrected chi connectivity index (χ0v) is 12.0. The summed E-state index contributed by atoms with van der Waals surface area (Å²) in [6, 6.07) is 11.4. The number of rotatable bonds is 5. The summed E-state index contributed by atoms with van der Waals surface area (Å²) in [7, 11) is 0. The number of carbonyl (C=O) groups excluding carboxylic acids is 1. The van der Waals surface area contributed by atoms with Gasteiger partial charge in [-0.25, -0.2) is 0 Å². The molecule has 0 spiro atoms. The van der Waals surface area contributed by atoms with E-state index in [2.05, 4.69) is 10.3 Å². The van der Waals surface area contributed by atoms with Crippen LogP contribution in [0, 0.1) is 0 Å². The molecule has 0 bridgehead atoms. The molecule has 1 N–H and O–H groups in total. The number of hydrogen-bond acceptors (Lipinski definition) is 4. The molecule has 2 aromatic rings. The van der Waals surface area contributed by atoms with E-state index < -0.39 is 0 Å². The van der Waals surface area contributed by atoms with Crippen molar-refractivity contribution in [1.29, 1.82) is 0 Å². The van der Waals surface area contributed by atoms with E-state index >= 15 is 0 Å². The first-order valence-electron chi connectivity index (χ1n) is 7.07. The van der Waals surface area contributed by atoms with Crippen molar-refractivity contribution in [2.45, 2.75) is 6.42 Å². The minimum atomic E-state index is -0.133. The molecule has 1 amide bonds. The number of pyridine rings is 1. The van der Waals surface area contributed by atoms with E-state index in [0.717, 1.165) is 29.2 Å². The van der Waals surface area contributed by atoms with Gasteiger partial charge in [0, 0.05) is 18.8 Å². The molecule has 5 nitrogen and oxygen atoms in total. The average molecular weight is 296 g/mol. The normalized spacial score (nSPS) is 12.5. The van der Waals surface area contributed by atoms with Gasteiger partial charge in [0.25, 0.3) is 0 Å². The van der Waals surface area contributed by atoms with Gasteiger partial charge in [0.1, 0.15) is 0 Å². The lowest BCUT2D eigenvalue weighted by Gasteiger charge is -2.04. The van der Waals surface area contributed by atoms with Gasteiger partial charge < -0.3 is 14.8 Å². The van der Waals surface area contributed by atoms with Crippen molar-refractivity contribution in [3.8, 4) is 11.5 Å². The second-order valence-electron chi connectivity index (χ2n) is 4.82. The first-order chi connectivity index (χ1) is 10.8. The molecule has 0 radical (unpaired) electrons. The summed E-state index contributed by atoms with van der Waals surface area (Å²) in [5, 5.41) is 2.84. The van der Waals surface area contributed by atoms with E-state index in [-0.39, 0.29) is 12.7 Å². The summed E-state index contributed by atoms with van der Waals surface area (Å²) in [4.78, 5) is 15.8. The Morgan fingerprint density at radius 3 is 3.00 bits per heavy atom. The van der Waals surface area contributed by atoms with Crippen molar-refractivity contribution in [2.24, 2.45) is 0 Å². The molecule has 0 unspecified atom stereocenters. The van der Waals surface area contributed by atoms with E-state index in [1.54, 1.807) is 12.3 Å². The predicted octanol–water partition coefficient (Wildman–Crippen LogP) is 2.18. The molecule has 1 aromatic carbocycles. The fourth-order valence-electron chi connectivity index (χ4n) is 2.12. The minimum Gasteiger partial charge on any atom is -0.454 e. The summed E-state index contributed by atoms with van der Waals surface area (Å²) in [6.45, 7) is 0.832. The highest BCUT2D eigenvalue weighted by molar-refractivity contribution is 5.91. The minimum absolute atomic E-state index is 0.133. The van der Waals surface area contributed by atoms with Crippen molar-refractivity contribution in [1.82, 2.24) is 10.3 Å². The van der Waals surface area contributed by atoms with E-state index in [1.165, 1.54) is 6.08 Å². The molecular weight excluding hydrogens is 280 g/mol. The number of amides is 1. The maximum absolute atomic E-state index is 11.7. The van der Waals surface area contributed by atoms with Crippen LogP contribution in [-0.4, -0.2) is 24.2 Å². The molecule has 0 atom stereocenters. The lowest BCUT2D eigenvalue weighted by atomic mass is 10.1. The van der Waals surface area contributed by atoms with Crippen LogP contribution in [0.2, 0.25) is 0 Å². The molecule has 1 aliphatic heterocycles. The Morgan fingerprint density at radius 2 is 2.14 bits per heavy atom. The Balaban J connectivity index is 1.46. The maximum atomic E-state index is 11.7. The summed E-state index contributed by atoms with van der Waals surface area (Å²) < 4.78 is 10.6. The van der Waals surface area contributed by atoms with Gasteiger partial charge >= 0.3 is 0 Å². The Bertz CT molecular complexity index is 684. The molecule has 22 heavy (non-hydrogen) atoms. The van der Waals surface area contributed by atoms with Gasteiger partial charge in [-0.1, -0.05) is 12.1 Å². The number of fused-ring (bicyclic) bond motifs is 1. The third kappa shape index (κ3) is 3.63. The van der Waals surface area contributed by atoms with Gasteiger partial charge in [-0.2, -0.15) is 0 Å². The lowest BCUT2D eigenvalue weighted by molar-refractivity contribution is -0.116. The highest BCUT2D eigenvalue weighted by Gasteiger charge is 2.12. The molecule has 2 heterocycles. The standard InChI is InChI=1S/C17H16N2O3/c20-17(7-5-14-3-1-2-9-18-14)19-10-8-13-4-6-15-16(11-13)22-12-21-15/h1-7,9,11H,8,10,12H2,(H,19,20)/b7-5+. The fourth-order valence-corrected chi connectivity index (χ4v) is 2.12. The predicted molar refractivity (Wildman–Crippen MR) is 82.5 cm³/mol. The van der Waals surface area contributed by atoms with Crippen LogP contribution in [0.4, 0.5) is 0 Å². The van der Waals surface area contributed by atoms with Gasteiger partial charge in [0.2, 0.25) is 12.7 Å². The lowest BCUT2D eigenvalue weighted by Crippen LogP contribution is -2.23. The summed E-state index contributed by atoms with van der Waals surface area (Å²) >= 11 is 0. The number of ether oxygens (including phenoxy) is 2. The molecular formula is C17H16N2O3. The highest BCUT2D eigenvalue weighted by atomic mass is 16.7. The molecule has 0 saturated heterocycles. The van der Waals surface area contributed by atoms with Gasteiger partial charge in [0.15, 0.2) is 11.5 Å². The van der Waals surface area contributed by atoms with Crippen molar-refractivity contribution in [2.75, 3.05) is 13.3 Å². The second-order valence-corrected chi connectivity index (χ2v) is 4.82. The summed E-state index contributed by atoms with van der Waals surface area (Å²) in [6.07, 6.45) is 5.61. The number of benzene rings is 1. The number of aromatic nitrogens is 1. The van der Waals surface area contributed by atoms with Crippen LogP contribution in [0.15, 0.2) is 48.7 Å². The zero-order chi connectivity index (χ0) is 15.2. The third-order valence-corrected chi connectivity index (χ3v) is 3.24. The summed E-state index contributed by atoms with van der Waals surface area (Å²) in [5.74, 6) is 1.40. The fraction of sp³-hybridized carbons (Fsp3) is 0.176. The second kappa shape index (κ2) is 6.76. The Kier molecular flexibility index (Phi) is 4.34. The molecule has 1 aromatic heterocycles. The van der Waals surface area contributed by atoms with Crippen molar-refractivity contribution < 1.29 is 14.3 Å². The van der Waals surface area contributed by atoms with Crippen LogP contribution in [0.3, 0.4) is 0 Å². The van der Waals surface area contributed by atoms with Gasteiger partial charge in [-0.05, 0) is 42.3 Å². The van der Waals surface area contributed by atoms with E-state index in [1.807, 2.05) is 36.4 Å². The Hall–Kier alpha value is -2.82. The van der Waals surface area contributed by atoms with E-state index in [0.29, 0.717) is 6.54 Å². The third-order valence-electron chi connectivity index (χ3n) is 3.24. The smallest absolute Gasteiger partial charge is 0.244 e. The van der Waals surface area contributed by atoms with E-state index in [9.17, 15) is 4.79 Å². The quantitative estimate of drug-likeness (QED) is 0.859. The van der Waals surface area contributed by atoms with Crippen molar-refractivity contribution >= 4 is 12.0 Å². The van der Waals surface area contributed by atoms with Crippen molar-refractivity contribution in [3.05, 3.63) is 59.9 Å². The van der Waals surface area contributed by atoms with Crippen LogP contribution in [-0.2, 0) is 11.2 Å². The van der Waals surface area contributed by atoms with E-state index in [4.69, 9.17) is 9.47 Å². The maximum Gasteiger partial charge on any atom is 0.244 e. The Morgan fingerprint density at radius 1 is 1.23 bits per heavy atom. The monoisotopic (exact) mass is 296 g/mol. The number of nitrogens with one attached hydrogen (secondary N) is 1. The number of carbonyl (C=O) groups is 1. The molecule has 0 saturated carbocycles. The molecule has 0 fully saturated rings. The highest BCUT2D eigenvalue weighted by Crippen LogP contribution is 2.32. The van der Waals surface area contributed by atoms with Gasteiger partial charge in [0.05, 0.1) is 5.69 Å². The molecule has 3 rings (SSSR count). The van der Waals surface area contributed by atoms with Crippen LogP contribution >= 0.6 is 0 Å². The number of hydrogen-bond donors (Lipinski definition) is 1. The molecule has 1 aliphatic rings. The first kappa shape index (κ1) is 14.1. The molecule has 0 aliphatic carbocycles. The van der Waals surface area contributed by atoms with Crippen LogP contribution in [0.5, 0.6) is 11.5 Å². The van der Waals surface area contributed by atoms with Crippen LogP contribution < -0.4 is 14.8 Å². The first-order valence-corrected chi connectivity index (χ1v) is 7.07. The zero-order valence-electron chi connectivity index (χ0n) is 12.0.